The number of anilines is 1. The number of nitrogens with one attached hydrogen (secondary N) is 2. The van der Waals surface area contributed by atoms with Gasteiger partial charge in [0.2, 0.25) is 0 Å². The lowest BCUT2D eigenvalue weighted by atomic mass is 10.1. The first-order valence-electron chi connectivity index (χ1n) is 7.64. The molecule has 0 aliphatic carbocycles. The van der Waals surface area contributed by atoms with E-state index in [1.54, 1.807) is 24.7 Å². The van der Waals surface area contributed by atoms with Gasteiger partial charge in [-0.05, 0) is 18.3 Å². The molecule has 126 valence electrons. The third-order valence-corrected chi connectivity index (χ3v) is 3.02. The van der Waals surface area contributed by atoms with Crippen LogP contribution in [0.15, 0.2) is 44.0 Å². The van der Waals surface area contributed by atoms with Crippen LogP contribution in [0.2, 0.25) is 0 Å². The molecule has 0 bridgehead atoms. The number of fused-ring (bicyclic) bond motifs is 1. The van der Waals surface area contributed by atoms with Crippen molar-refractivity contribution < 1.29 is 5.82 Å². The van der Waals surface area contributed by atoms with E-state index in [2.05, 4.69) is 52.3 Å². The summed E-state index contributed by atoms with van der Waals surface area (Å²) in [5.74, 6) is 0.218. The van der Waals surface area contributed by atoms with Crippen molar-refractivity contribution in [2.24, 2.45) is 0 Å². The fraction of sp³-hybridized carbons (Fsp3) is 0.167. The second kappa shape index (κ2) is 8.01. The first-order chi connectivity index (χ1) is 11.6. The van der Waals surface area contributed by atoms with Gasteiger partial charge in [-0.1, -0.05) is 33.4 Å². The van der Waals surface area contributed by atoms with Gasteiger partial charge in [0.25, 0.3) is 0 Å². The molecule has 0 aromatic carbocycles. The average molecular weight is 327 g/mol. The minimum absolute atomic E-state index is 0. The van der Waals surface area contributed by atoms with Crippen molar-refractivity contribution in [3.8, 4) is 11.1 Å². The Morgan fingerprint density at radius 1 is 1.29 bits per heavy atom. The maximum absolute atomic E-state index is 13.9. The monoisotopic (exact) mass is 327 g/mol. The lowest BCUT2D eigenvalue weighted by Gasteiger charge is -2.04. The quantitative estimate of drug-likeness (QED) is 0.706. The standard InChI is InChI=1S/C15H12FN5.C3H8.H2/c1-3-13-18-8-11-10(7-20-14(11)21-13)9-5-12(16)15(17-4-2)19-6-9;1-3-2;/h3-8H,1-2H2,(H,17,19)(H,18,20,21);3H2,1-2H3;1H. The predicted octanol–water partition coefficient (Wildman–Crippen LogP) is 5.02. The number of hydrogen-bond donors (Lipinski definition) is 2. The van der Waals surface area contributed by atoms with Gasteiger partial charge in [0.1, 0.15) is 5.65 Å². The van der Waals surface area contributed by atoms with E-state index >= 15 is 0 Å². The summed E-state index contributed by atoms with van der Waals surface area (Å²) >= 11 is 0. The second-order valence-corrected chi connectivity index (χ2v) is 5.01. The molecule has 0 spiro atoms. The Morgan fingerprint density at radius 2 is 2.04 bits per heavy atom. The molecule has 24 heavy (non-hydrogen) atoms. The summed E-state index contributed by atoms with van der Waals surface area (Å²) < 4.78 is 13.9. The molecule has 0 atom stereocenters. The maximum atomic E-state index is 13.9. The molecule has 3 rings (SSSR count). The third-order valence-electron chi connectivity index (χ3n) is 3.02. The van der Waals surface area contributed by atoms with Crippen molar-refractivity contribution in [2.45, 2.75) is 20.3 Å². The topological polar surface area (TPSA) is 66.5 Å². The summed E-state index contributed by atoms with van der Waals surface area (Å²) in [7, 11) is 0. The molecule has 0 aliphatic heterocycles. The van der Waals surface area contributed by atoms with Gasteiger partial charge in [0.15, 0.2) is 17.5 Å². The largest absolute Gasteiger partial charge is 0.345 e. The van der Waals surface area contributed by atoms with Crippen molar-refractivity contribution in [2.75, 3.05) is 5.32 Å². The molecule has 0 radical (unpaired) electrons. The maximum Gasteiger partial charge on any atom is 0.166 e. The highest BCUT2D eigenvalue weighted by Gasteiger charge is 2.11. The highest BCUT2D eigenvalue weighted by atomic mass is 19.1. The van der Waals surface area contributed by atoms with Crippen LogP contribution in [0.3, 0.4) is 0 Å². The molecule has 0 amide bonds. The molecule has 3 aromatic rings. The van der Waals surface area contributed by atoms with Gasteiger partial charge in [0.05, 0.1) is 0 Å². The molecule has 3 heterocycles. The van der Waals surface area contributed by atoms with Crippen LogP contribution in [0.5, 0.6) is 0 Å². The number of H-pyrrole nitrogens is 1. The van der Waals surface area contributed by atoms with Crippen LogP contribution in [0, 0.1) is 5.82 Å². The van der Waals surface area contributed by atoms with E-state index in [0.29, 0.717) is 17.0 Å². The van der Waals surface area contributed by atoms with Crippen molar-refractivity contribution in [3.63, 3.8) is 0 Å². The Balaban J connectivity index is 0.000000730. The van der Waals surface area contributed by atoms with Crippen LogP contribution in [0.4, 0.5) is 10.2 Å². The zero-order valence-electron chi connectivity index (χ0n) is 13.8. The predicted molar refractivity (Wildman–Crippen MR) is 99.1 cm³/mol. The average Bonchev–Trinajstić information content (AvgIpc) is 3.00. The van der Waals surface area contributed by atoms with E-state index < -0.39 is 5.82 Å². The lowest BCUT2D eigenvalue weighted by Crippen LogP contribution is -1.95. The SMILES string of the molecule is C=CNc1ncc(-c2c[nH]c3nc(C=C)ncc23)cc1F.CCC.[HH]. The number of rotatable bonds is 4. The van der Waals surface area contributed by atoms with E-state index in [4.69, 9.17) is 0 Å². The van der Waals surface area contributed by atoms with Gasteiger partial charge >= 0.3 is 0 Å². The van der Waals surface area contributed by atoms with E-state index in [-0.39, 0.29) is 7.24 Å². The minimum atomic E-state index is -0.453. The van der Waals surface area contributed by atoms with E-state index in [1.165, 1.54) is 18.7 Å². The summed E-state index contributed by atoms with van der Waals surface area (Å²) in [6, 6.07) is 1.41. The molecule has 0 aliphatic rings. The van der Waals surface area contributed by atoms with Gasteiger partial charge in [-0.2, -0.15) is 0 Å². The Labute approximate surface area is 141 Å². The van der Waals surface area contributed by atoms with Crippen molar-refractivity contribution >= 4 is 22.9 Å². The van der Waals surface area contributed by atoms with Crippen molar-refractivity contribution in [3.05, 3.63) is 55.7 Å². The van der Waals surface area contributed by atoms with Crippen LogP contribution < -0.4 is 5.32 Å². The minimum Gasteiger partial charge on any atom is -0.345 e. The van der Waals surface area contributed by atoms with Gasteiger partial charge in [-0.3, -0.25) is 0 Å². The molecular weight excluding hydrogens is 305 g/mol. The van der Waals surface area contributed by atoms with E-state index in [9.17, 15) is 4.39 Å². The Bertz CT molecular complexity index is 860. The highest BCUT2D eigenvalue weighted by Crippen LogP contribution is 2.28. The summed E-state index contributed by atoms with van der Waals surface area (Å²) in [5.41, 5.74) is 2.10. The summed E-state index contributed by atoms with van der Waals surface area (Å²) in [6.07, 6.45) is 9.21. The fourth-order valence-electron chi connectivity index (χ4n) is 2.05. The van der Waals surface area contributed by atoms with Crippen LogP contribution in [-0.2, 0) is 0 Å². The van der Waals surface area contributed by atoms with Gasteiger partial charge in [-0.25, -0.2) is 19.3 Å². The molecule has 5 nitrogen and oxygen atoms in total. The number of aromatic nitrogens is 4. The van der Waals surface area contributed by atoms with Crippen LogP contribution in [-0.4, -0.2) is 19.9 Å². The van der Waals surface area contributed by atoms with Crippen LogP contribution >= 0.6 is 0 Å². The first kappa shape index (κ1) is 17.3. The van der Waals surface area contributed by atoms with Crippen LogP contribution in [0.1, 0.15) is 27.5 Å². The van der Waals surface area contributed by atoms with Gasteiger partial charge in [-0.15, -0.1) is 0 Å². The zero-order chi connectivity index (χ0) is 17.5. The molecular formula is C18H22FN5. The first-order valence-corrected chi connectivity index (χ1v) is 7.64. The molecule has 0 fully saturated rings. The third kappa shape index (κ3) is 3.65. The number of halogens is 1. The van der Waals surface area contributed by atoms with E-state index in [1.807, 2.05) is 0 Å². The van der Waals surface area contributed by atoms with Gasteiger partial charge < -0.3 is 10.3 Å². The molecule has 6 heteroatoms. The van der Waals surface area contributed by atoms with E-state index in [0.717, 1.165) is 10.9 Å². The molecule has 0 saturated carbocycles. The molecule has 3 aromatic heterocycles. The number of pyridine rings is 1. The lowest BCUT2D eigenvalue weighted by molar-refractivity contribution is 0.627. The fourth-order valence-corrected chi connectivity index (χ4v) is 2.05. The van der Waals surface area contributed by atoms with Gasteiger partial charge in [0, 0.05) is 36.5 Å². The number of hydrogen-bond acceptors (Lipinski definition) is 4. The zero-order valence-corrected chi connectivity index (χ0v) is 13.8. The van der Waals surface area contributed by atoms with Crippen molar-refractivity contribution in [1.82, 2.24) is 19.9 Å². The van der Waals surface area contributed by atoms with Crippen LogP contribution in [0.25, 0.3) is 28.2 Å². The number of nitrogens with zero attached hydrogens (tertiary/aromatic N) is 3. The summed E-state index contributed by atoms with van der Waals surface area (Å²) in [5, 5.41) is 3.43. The Morgan fingerprint density at radius 3 is 2.67 bits per heavy atom. The summed E-state index contributed by atoms with van der Waals surface area (Å²) in [4.78, 5) is 15.5. The molecule has 0 unspecified atom stereocenters. The molecule has 2 N–H and O–H groups in total. The van der Waals surface area contributed by atoms with Crippen molar-refractivity contribution in [1.29, 1.82) is 0 Å². The highest BCUT2D eigenvalue weighted by molar-refractivity contribution is 5.93. The Kier molecular flexibility index (Phi) is 5.78. The number of aromatic amines is 1. The smallest absolute Gasteiger partial charge is 0.166 e. The second-order valence-electron chi connectivity index (χ2n) is 5.01. The summed E-state index contributed by atoms with van der Waals surface area (Å²) in [6.45, 7) is 11.4. The molecule has 0 saturated heterocycles. The normalized spacial score (nSPS) is 9.96. The Hall–Kier alpha value is -3.02.